The molecule has 2 amide bonds. The molecule has 1 heterocycles. The maximum atomic E-state index is 12.6. The van der Waals surface area contributed by atoms with E-state index in [1.54, 1.807) is 32.4 Å². The van der Waals surface area contributed by atoms with Crippen molar-refractivity contribution in [2.75, 3.05) is 50.6 Å². The lowest BCUT2D eigenvalue weighted by Crippen LogP contribution is -2.50. The molecule has 2 aromatic rings. The number of nitrogens with one attached hydrogen (secondary N) is 1. The summed E-state index contributed by atoms with van der Waals surface area (Å²) in [6, 6.07) is 11.1. The molecule has 0 saturated carbocycles. The van der Waals surface area contributed by atoms with Crippen molar-refractivity contribution in [3.05, 3.63) is 47.0 Å². The average Bonchev–Trinajstić information content (AvgIpc) is 2.70. The highest BCUT2D eigenvalue weighted by atomic mass is 35.5. The van der Waals surface area contributed by atoms with Gasteiger partial charge in [-0.1, -0.05) is 17.7 Å². The Balaban J connectivity index is 1.61. The zero-order chi connectivity index (χ0) is 19.4. The van der Waals surface area contributed by atoms with Gasteiger partial charge in [-0.25, -0.2) is 4.79 Å². The number of methoxy groups -OCH3 is 2. The number of rotatable bonds is 4. The van der Waals surface area contributed by atoms with Crippen LogP contribution < -0.4 is 19.7 Å². The number of amides is 2. The summed E-state index contributed by atoms with van der Waals surface area (Å²) in [5, 5.41) is 3.69. The Kier molecular flexibility index (Phi) is 5.96. The molecule has 0 bridgehead atoms. The summed E-state index contributed by atoms with van der Waals surface area (Å²) in [5.41, 5.74) is 2.87. The summed E-state index contributed by atoms with van der Waals surface area (Å²) >= 11 is 6.23. The molecule has 0 aromatic heterocycles. The van der Waals surface area contributed by atoms with Crippen molar-refractivity contribution in [1.82, 2.24) is 4.90 Å². The van der Waals surface area contributed by atoms with E-state index in [1.165, 1.54) is 0 Å². The third-order valence-electron chi connectivity index (χ3n) is 4.78. The number of hydrogen-bond donors (Lipinski definition) is 1. The minimum absolute atomic E-state index is 0.121. The van der Waals surface area contributed by atoms with E-state index in [0.717, 1.165) is 29.4 Å². The molecule has 144 valence electrons. The number of carbonyl (C=O) groups excluding carboxylic acids is 1. The van der Waals surface area contributed by atoms with Crippen LogP contribution in [0.2, 0.25) is 5.02 Å². The van der Waals surface area contributed by atoms with Crippen molar-refractivity contribution >= 4 is 29.0 Å². The fourth-order valence-electron chi connectivity index (χ4n) is 3.21. The minimum atomic E-state index is -0.121. The molecule has 0 spiro atoms. The van der Waals surface area contributed by atoms with Gasteiger partial charge in [0.05, 0.1) is 14.2 Å². The van der Waals surface area contributed by atoms with Crippen molar-refractivity contribution in [3.63, 3.8) is 0 Å². The third kappa shape index (κ3) is 4.22. The number of piperazine rings is 1. The zero-order valence-corrected chi connectivity index (χ0v) is 16.5. The number of benzene rings is 2. The van der Waals surface area contributed by atoms with Gasteiger partial charge in [-0.3, -0.25) is 0 Å². The molecular weight excluding hydrogens is 366 g/mol. The lowest BCUT2D eigenvalue weighted by Gasteiger charge is -2.36. The molecule has 0 atom stereocenters. The summed E-state index contributed by atoms with van der Waals surface area (Å²) < 4.78 is 10.5. The fraction of sp³-hybridized carbons (Fsp3) is 0.350. The highest BCUT2D eigenvalue weighted by molar-refractivity contribution is 6.31. The molecule has 27 heavy (non-hydrogen) atoms. The van der Waals surface area contributed by atoms with E-state index in [4.69, 9.17) is 21.1 Å². The van der Waals surface area contributed by atoms with Gasteiger partial charge in [0.2, 0.25) is 0 Å². The molecule has 1 fully saturated rings. The average molecular weight is 390 g/mol. The third-order valence-corrected chi connectivity index (χ3v) is 5.19. The van der Waals surface area contributed by atoms with Gasteiger partial charge in [-0.05, 0) is 36.8 Å². The van der Waals surface area contributed by atoms with E-state index < -0.39 is 0 Å². The second-order valence-electron chi connectivity index (χ2n) is 6.36. The molecule has 0 aliphatic carbocycles. The number of ether oxygens (including phenoxy) is 2. The monoisotopic (exact) mass is 389 g/mol. The Morgan fingerprint density at radius 2 is 1.74 bits per heavy atom. The topological polar surface area (TPSA) is 54.0 Å². The van der Waals surface area contributed by atoms with Gasteiger partial charge < -0.3 is 24.6 Å². The largest absolute Gasteiger partial charge is 0.493 e. The molecule has 0 radical (unpaired) electrons. The van der Waals surface area contributed by atoms with Crippen LogP contribution in [0.3, 0.4) is 0 Å². The Morgan fingerprint density at radius 1 is 1.04 bits per heavy atom. The van der Waals surface area contributed by atoms with E-state index in [9.17, 15) is 4.79 Å². The number of anilines is 2. The van der Waals surface area contributed by atoms with Gasteiger partial charge in [0.15, 0.2) is 11.5 Å². The minimum Gasteiger partial charge on any atom is -0.493 e. The van der Waals surface area contributed by atoms with Crippen LogP contribution in [0.5, 0.6) is 11.5 Å². The van der Waals surface area contributed by atoms with Gasteiger partial charge >= 0.3 is 6.03 Å². The van der Waals surface area contributed by atoms with Crippen molar-refractivity contribution in [1.29, 1.82) is 0 Å². The van der Waals surface area contributed by atoms with Crippen LogP contribution in [0.15, 0.2) is 36.4 Å². The predicted molar refractivity (Wildman–Crippen MR) is 109 cm³/mol. The van der Waals surface area contributed by atoms with E-state index >= 15 is 0 Å². The molecule has 7 heteroatoms. The van der Waals surface area contributed by atoms with Crippen LogP contribution in [0.4, 0.5) is 16.2 Å². The standard InChI is InChI=1S/C20H24ClN3O3/c1-14-16(21)5-4-6-17(14)23-9-11-24(12-10-23)20(25)22-15-7-8-18(26-2)19(13-15)27-3/h4-8,13H,9-12H2,1-3H3,(H,22,25). The molecule has 6 nitrogen and oxygen atoms in total. The van der Waals surface area contributed by atoms with Crippen molar-refractivity contribution in [3.8, 4) is 11.5 Å². The highest BCUT2D eigenvalue weighted by Crippen LogP contribution is 2.30. The first-order valence-electron chi connectivity index (χ1n) is 8.81. The zero-order valence-electron chi connectivity index (χ0n) is 15.8. The Morgan fingerprint density at radius 3 is 2.41 bits per heavy atom. The number of carbonyl (C=O) groups is 1. The Bertz CT molecular complexity index is 820. The quantitative estimate of drug-likeness (QED) is 0.858. The van der Waals surface area contributed by atoms with Gasteiger partial charge in [0.1, 0.15) is 0 Å². The number of nitrogens with zero attached hydrogens (tertiary/aromatic N) is 2. The van der Waals surface area contributed by atoms with Crippen molar-refractivity contribution in [2.45, 2.75) is 6.92 Å². The molecule has 1 aliphatic heterocycles. The van der Waals surface area contributed by atoms with E-state index in [2.05, 4.69) is 16.3 Å². The molecule has 0 unspecified atom stereocenters. The first-order valence-corrected chi connectivity index (χ1v) is 9.19. The lowest BCUT2D eigenvalue weighted by molar-refractivity contribution is 0.208. The summed E-state index contributed by atoms with van der Waals surface area (Å²) in [5.74, 6) is 1.21. The molecule has 2 aromatic carbocycles. The van der Waals surface area contributed by atoms with Gasteiger partial charge in [0.25, 0.3) is 0 Å². The fourth-order valence-corrected chi connectivity index (χ4v) is 3.38. The first kappa shape index (κ1) is 19.2. The van der Waals surface area contributed by atoms with E-state index in [1.807, 2.05) is 24.0 Å². The molecule has 3 rings (SSSR count). The van der Waals surface area contributed by atoms with Crippen LogP contribution in [0, 0.1) is 6.92 Å². The van der Waals surface area contributed by atoms with Crippen LogP contribution in [-0.2, 0) is 0 Å². The van der Waals surface area contributed by atoms with E-state index in [0.29, 0.717) is 30.3 Å². The molecule has 1 aliphatic rings. The summed E-state index contributed by atoms with van der Waals surface area (Å²) in [6.07, 6.45) is 0. The Labute approximate surface area is 164 Å². The van der Waals surface area contributed by atoms with Gasteiger partial charge in [-0.15, -0.1) is 0 Å². The number of hydrogen-bond acceptors (Lipinski definition) is 4. The van der Waals surface area contributed by atoms with Crippen LogP contribution >= 0.6 is 11.6 Å². The first-order chi connectivity index (χ1) is 13.0. The molecule has 1 saturated heterocycles. The maximum absolute atomic E-state index is 12.6. The van der Waals surface area contributed by atoms with Crippen molar-refractivity contribution < 1.29 is 14.3 Å². The molecular formula is C20H24ClN3O3. The second kappa shape index (κ2) is 8.39. The predicted octanol–water partition coefficient (Wildman–Crippen LogP) is 4.02. The lowest BCUT2D eigenvalue weighted by atomic mass is 10.1. The van der Waals surface area contributed by atoms with Crippen molar-refractivity contribution in [2.24, 2.45) is 0 Å². The smallest absolute Gasteiger partial charge is 0.321 e. The summed E-state index contributed by atoms with van der Waals surface area (Å²) in [6.45, 7) is 4.84. The van der Waals surface area contributed by atoms with Crippen LogP contribution in [0.25, 0.3) is 0 Å². The SMILES string of the molecule is COc1ccc(NC(=O)N2CCN(c3cccc(Cl)c3C)CC2)cc1OC. The highest BCUT2D eigenvalue weighted by Gasteiger charge is 2.22. The summed E-state index contributed by atoms with van der Waals surface area (Å²) in [4.78, 5) is 16.7. The second-order valence-corrected chi connectivity index (χ2v) is 6.77. The number of urea groups is 1. The maximum Gasteiger partial charge on any atom is 0.321 e. The van der Waals surface area contributed by atoms with E-state index in [-0.39, 0.29) is 6.03 Å². The van der Waals surface area contributed by atoms with Crippen LogP contribution in [0.1, 0.15) is 5.56 Å². The normalized spacial score (nSPS) is 14.1. The van der Waals surface area contributed by atoms with Gasteiger partial charge in [-0.2, -0.15) is 0 Å². The number of halogens is 1. The molecule has 1 N–H and O–H groups in total. The summed E-state index contributed by atoms with van der Waals surface area (Å²) in [7, 11) is 3.15. The van der Waals surface area contributed by atoms with Gasteiger partial charge in [0, 0.05) is 48.6 Å². The van der Waals surface area contributed by atoms with Crippen LogP contribution in [-0.4, -0.2) is 51.3 Å². The Hall–Kier alpha value is -2.60.